The molecule has 0 fully saturated rings. The number of nitrogens with one attached hydrogen (secondary N) is 2. The van der Waals surface area contributed by atoms with Crippen LogP contribution in [0.3, 0.4) is 0 Å². The largest absolute Gasteiger partial charge is 0.456 e. The Morgan fingerprint density at radius 3 is 2.71 bits per heavy atom. The van der Waals surface area contributed by atoms with Gasteiger partial charge in [0, 0.05) is 11.9 Å². The summed E-state index contributed by atoms with van der Waals surface area (Å²) >= 11 is 6.34. The predicted octanol–water partition coefficient (Wildman–Crippen LogP) is 5.15. The van der Waals surface area contributed by atoms with Crippen LogP contribution in [0.5, 0.6) is 11.5 Å². The number of hydrogen-bond acceptors (Lipinski definition) is 4. The van der Waals surface area contributed by atoms with E-state index in [1.807, 2.05) is 54.7 Å². The first kappa shape index (κ1) is 14.5. The molecular formula is C18H13ClN4O. The van der Waals surface area contributed by atoms with E-state index < -0.39 is 0 Å². The van der Waals surface area contributed by atoms with Crippen LogP contribution in [0.15, 0.2) is 67.1 Å². The zero-order valence-corrected chi connectivity index (χ0v) is 13.3. The monoisotopic (exact) mass is 336 g/mol. The lowest BCUT2D eigenvalue weighted by atomic mass is 10.3. The van der Waals surface area contributed by atoms with Crippen molar-refractivity contribution in [2.75, 3.05) is 5.32 Å². The van der Waals surface area contributed by atoms with Crippen molar-refractivity contribution in [2.45, 2.75) is 0 Å². The van der Waals surface area contributed by atoms with Crippen molar-refractivity contribution >= 4 is 34.1 Å². The van der Waals surface area contributed by atoms with E-state index >= 15 is 0 Å². The molecule has 2 aromatic heterocycles. The van der Waals surface area contributed by atoms with E-state index in [0.717, 1.165) is 22.5 Å². The Hall–Kier alpha value is -3.05. The summed E-state index contributed by atoms with van der Waals surface area (Å²) in [5.74, 6) is 2.03. The van der Waals surface area contributed by atoms with Gasteiger partial charge in [0.25, 0.3) is 0 Å². The van der Waals surface area contributed by atoms with Crippen molar-refractivity contribution in [1.82, 2.24) is 15.0 Å². The van der Waals surface area contributed by atoms with Gasteiger partial charge in [-0.05, 0) is 36.4 Å². The van der Waals surface area contributed by atoms with Crippen LogP contribution >= 0.6 is 11.6 Å². The molecule has 2 N–H and O–H groups in total. The average molecular weight is 337 g/mol. The number of fused-ring (bicyclic) bond motifs is 1. The molecule has 0 amide bonds. The minimum atomic E-state index is 0.514. The Morgan fingerprint density at radius 1 is 1.00 bits per heavy atom. The topological polar surface area (TPSA) is 62.8 Å². The SMILES string of the molecule is Clc1cc(Nc2ncnc3cc[nH]c23)ccc1Oc1ccccc1. The number of halogens is 1. The minimum Gasteiger partial charge on any atom is -0.456 e. The van der Waals surface area contributed by atoms with Crippen LogP contribution in [0, 0.1) is 0 Å². The predicted molar refractivity (Wildman–Crippen MR) is 95.1 cm³/mol. The van der Waals surface area contributed by atoms with Crippen LogP contribution in [0.4, 0.5) is 11.5 Å². The van der Waals surface area contributed by atoms with Gasteiger partial charge < -0.3 is 15.0 Å². The molecule has 0 spiro atoms. The molecule has 6 heteroatoms. The molecule has 2 heterocycles. The fraction of sp³-hybridized carbons (Fsp3) is 0. The maximum absolute atomic E-state index is 6.34. The second-order valence-corrected chi connectivity index (χ2v) is 5.55. The normalized spacial score (nSPS) is 10.7. The standard InChI is InChI=1S/C18H13ClN4O/c19-14-10-12(6-7-16(14)24-13-4-2-1-3-5-13)23-18-17-15(8-9-20-17)21-11-22-18/h1-11,20H,(H,21,22,23). The second kappa shape index (κ2) is 6.22. The maximum Gasteiger partial charge on any atom is 0.158 e. The second-order valence-electron chi connectivity index (χ2n) is 5.15. The number of anilines is 2. The van der Waals surface area contributed by atoms with E-state index in [-0.39, 0.29) is 0 Å². The smallest absolute Gasteiger partial charge is 0.158 e. The molecule has 0 atom stereocenters. The highest BCUT2D eigenvalue weighted by molar-refractivity contribution is 6.32. The minimum absolute atomic E-state index is 0.514. The number of H-pyrrole nitrogens is 1. The Labute approximate surface area is 143 Å². The van der Waals surface area contributed by atoms with Crippen molar-refractivity contribution in [3.8, 4) is 11.5 Å². The quantitative estimate of drug-likeness (QED) is 0.541. The number of hydrogen-bond donors (Lipinski definition) is 2. The molecule has 0 aliphatic carbocycles. The van der Waals surface area contributed by atoms with Gasteiger partial charge in [0.15, 0.2) is 5.82 Å². The molecule has 4 rings (SSSR count). The Kier molecular flexibility index (Phi) is 3.76. The van der Waals surface area contributed by atoms with Crippen molar-refractivity contribution in [3.63, 3.8) is 0 Å². The number of para-hydroxylation sites is 1. The van der Waals surface area contributed by atoms with E-state index in [4.69, 9.17) is 16.3 Å². The number of rotatable bonds is 4. The highest BCUT2D eigenvalue weighted by Crippen LogP contribution is 2.32. The Balaban J connectivity index is 1.59. The lowest BCUT2D eigenvalue weighted by molar-refractivity contribution is 0.483. The summed E-state index contributed by atoms with van der Waals surface area (Å²) in [5.41, 5.74) is 2.51. The van der Waals surface area contributed by atoms with Crippen molar-refractivity contribution in [1.29, 1.82) is 0 Å². The van der Waals surface area contributed by atoms with Crippen molar-refractivity contribution in [2.24, 2.45) is 0 Å². The van der Waals surface area contributed by atoms with Gasteiger partial charge in [0.2, 0.25) is 0 Å². The van der Waals surface area contributed by atoms with Crippen molar-refractivity contribution < 1.29 is 4.74 Å². The molecule has 0 aliphatic rings. The first-order valence-electron chi connectivity index (χ1n) is 7.37. The van der Waals surface area contributed by atoms with Gasteiger partial charge in [-0.2, -0.15) is 0 Å². The third kappa shape index (κ3) is 2.89. The Morgan fingerprint density at radius 2 is 1.88 bits per heavy atom. The van der Waals surface area contributed by atoms with Crippen LogP contribution in [0.25, 0.3) is 11.0 Å². The third-order valence-corrected chi connectivity index (χ3v) is 3.81. The Bertz CT molecular complexity index is 985. The summed E-state index contributed by atoms with van der Waals surface area (Å²) < 4.78 is 5.78. The molecule has 0 unspecified atom stereocenters. The summed E-state index contributed by atoms with van der Waals surface area (Å²) in [6.45, 7) is 0. The number of ether oxygens (including phenoxy) is 1. The molecule has 0 aliphatic heterocycles. The summed E-state index contributed by atoms with van der Waals surface area (Å²) in [5, 5.41) is 3.76. The fourth-order valence-corrected chi connectivity index (χ4v) is 2.60. The summed E-state index contributed by atoms with van der Waals surface area (Å²) in [6, 6.07) is 16.9. The van der Waals surface area contributed by atoms with Gasteiger partial charge in [0.05, 0.1) is 10.5 Å². The molecule has 0 saturated heterocycles. The van der Waals surface area contributed by atoms with Gasteiger partial charge >= 0.3 is 0 Å². The lowest BCUT2D eigenvalue weighted by Gasteiger charge is -2.10. The maximum atomic E-state index is 6.34. The van der Waals surface area contributed by atoms with E-state index in [0.29, 0.717) is 16.6 Å². The highest BCUT2D eigenvalue weighted by atomic mass is 35.5. The molecule has 0 saturated carbocycles. The molecule has 2 aromatic carbocycles. The molecule has 0 bridgehead atoms. The van der Waals surface area contributed by atoms with Gasteiger partial charge in [-0.1, -0.05) is 29.8 Å². The van der Waals surface area contributed by atoms with Crippen LogP contribution in [-0.4, -0.2) is 15.0 Å². The lowest BCUT2D eigenvalue weighted by Crippen LogP contribution is -1.96. The van der Waals surface area contributed by atoms with E-state index in [1.165, 1.54) is 6.33 Å². The third-order valence-electron chi connectivity index (χ3n) is 3.51. The van der Waals surface area contributed by atoms with E-state index in [2.05, 4.69) is 20.3 Å². The summed E-state index contributed by atoms with van der Waals surface area (Å²) in [4.78, 5) is 11.6. The van der Waals surface area contributed by atoms with E-state index in [9.17, 15) is 0 Å². The highest BCUT2D eigenvalue weighted by Gasteiger charge is 2.08. The zero-order chi connectivity index (χ0) is 16.4. The number of aromatic amines is 1. The van der Waals surface area contributed by atoms with Crippen LogP contribution in [0.2, 0.25) is 5.02 Å². The van der Waals surface area contributed by atoms with Crippen LogP contribution in [0.1, 0.15) is 0 Å². The molecule has 0 radical (unpaired) electrons. The molecule has 4 aromatic rings. The zero-order valence-electron chi connectivity index (χ0n) is 12.5. The first-order chi connectivity index (χ1) is 11.8. The average Bonchev–Trinajstić information content (AvgIpc) is 3.08. The molecule has 24 heavy (non-hydrogen) atoms. The summed E-state index contributed by atoms with van der Waals surface area (Å²) in [7, 11) is 0. The van der Waals surface area contributed by atoms with Gasteiger partial charge in [-0.15, -0.1) is 0 Å². The van der Waals surface area contributed by atoms with Gasteiger partial charge in [-0.25, -0.2) is 9.97 Å². The van der Waals surface area contributed by atoms with Gasteiger partial charge in [0.1, 0.15) is 23.3 Å². The van der Waals surface area contributed by atoms with Crippen molar-refractivity contribution in [3.05, 3.63) is 72.1 Å². The summed E-state index contributed by atoms with van der Waals surface area (Å²) in [6.07, 6.45) is 3.35. The number of benzene rings is 2. The van der Waals surface area contributed by atoms with Crippen LogP contribution in [-0.2, 0) is 0 Å². The van der Waals surface area contributed by atoms with Crippen LogP contribution < -0.4 is 10.1 Å². The molecular weight excluding hydrogens is 324 g/mol. The number of aromatic nitrogens is 3. The fourth-order valence-electron chi connectivity index (χ4n) is 2.38. The number of nitrogens with zero attached hydrogens (tertiary/aromatic N) is 2. The molecule has 118 valence electrons. The van der Waals surface area contributed by atoms with Gasteiger partial charge in [-0.3, -0.25) is 0 Å². The first-order valence-corrected chi connectivity index (χ1v) is 7.75. The molecule has 5 nitrogen and oxygen atoms in total. The van der Waals surface area contributed by atoms with E-state index in [1.54, 1.807) is 6.07 Å².